The van der Waals surface area contributed by atoms with Gasteiger partial charge in [-0.2, -0.15) is 13.5 Å². The van der Waals surface area contributed by atoms with Crippen molar-refractivity contribution in [3.05, 3.63) is 86.8 Å². The van der Waals surface area contributed by atoms with Gasteiger partial charge >= 0.3 is 0 Å². The Labute approximate surface area is 192 Å². The van der Waals surface area contributed by atoms with Crippen LogP contribution in [0.15, 0.2) is 64.4 Å². The molecule has 1 aromatic heterocycles. The minimum atomic E-state index is -3.83. The van der Waals surface area contributed by atoms with Gasteiger partial charge in [-0.05, 0) is 36.6 Å². The van der Waals surface area contributed by atoms with Crippen LogP contribution < -0.4 is 10.3 Å². The average molecular weight is 477 g/mol. The van der Waals surface area contributed by atoms with E-state index in [4.69, 9.17) is 20.5 Å². The van der Waals surface area contributed by atoms with E-state index >= 15 is 0 Å². The molecule has 0 spiro atoms. The highest BCUT2D eigenvalue weighted by Gasteiger charge is 2.15. The summed E-state index contributed by atoms with van der Waals surface area (Å²) in [6.45, 7) is 4.53. The van der Waals surface area contributed by atoms with Crippen molar-refractivity contribution in [3.8, 4) is 5.75 Å². The fraction of sp³-hybridized carbons (Fsp3) is 0.304. The third-order valence-corrected chi connectivity index (χ3v) is 6.41. The second-order valence-corrected chi connectivity index (χ2v) is 9.33. The van der Waals surface area contributed by atoms with E-state index < -0.39 is 10.1 Å². The van der Waals surface area contributed by atoms with Crippen molar-refractivity contribution < 1.29 is 17.3 Å². The normalized spacial score (nSPS) is 11.5. The highest BCUT2D eigenvalue weighted by molar-refractivity contribution is 7.86. The molecule has 3 rings (SSSR count). The summed E-state index contributed by atoms with van der Waals surface area (Å²) in [5.74, 6) is 0.223. The molecule has 0 unspecified atom stereocenters. The highest BCUT2D eigenvalue weighted by Crippen LogP contribution is 2.20. The van der Waals surface area contributed by atoms with Gasteiger partial charge in [-0.1, -0.05) is 66.9 Å². The lowest BCUT2D eigenvalue weighted by molar-refractivity contribution is 0.300. The summed E-state index contributed by atoms with van der Waals surface area (Å²) in [6, 6.07) is 13.6. The van der Waals surface area contributed by atoms with Crippen LogP contribution in [0, 0.1) is 6.92 Å². The summed E-state index contributed by atoms with van der Waals surface area (Å²) in [6.07, 6.45) is 3.23. The molecule has 0 radical (unpaired) electrons. The van der Waals surface area contributed by atoms with Gasteiger partial charge in [0.25, 0.3) is 15.7 Å². The number of hydrogen-bond donors (Lipinski definition) is 0. The number of rotatable bonds is 10. The van der Waals surface area contributed by atoms with Crippen molar-refractivity contribution in [3.63, 3.8) is 0 Å². The molecule has 3 aromatic rings. The molecule has 32 heavy (non-hydrogen) atoms. The zero-order valence-corrected chi connectivity index (χ0v) is 19.5. The van der Waals surface area contributed by atoms with E-state index in [9.17, 15) is 13.2 Å². The van der Waals surface area contributed by atoms with Crippen LogP contribution in [0.25, 0.3) is 0 Å². The van der Waals surface area contributed by atoms with Gasteiger partial charge in [0.2, 0.25) is 0 Å². The van der Waals surface area contributed by atoms with Crippen LogP contribution in [0.3, 0.4) is 0 Å². The number of hydrogen-bond acceptors (Lipinski definition) is 6. The summed E-state index contributed by atoms with van der Waals surface area (Å²) in [5, 5.41) is 4.10. The van der Waals surface area contributed by atoms with Crippen molar-refractivity contribution >= 4 is 21.7 Å². The number of halogens is 1. The molecule has 0 saturated heterocycles. The van der Waals surface area contributed by atoms with Gasteiger partial charge in [0, 0.05) is 6.54 Å². The highest BCUT2D eigenvalue weighted by atomic mass is 35.5. The molecule has 170 valence electrons. The van der Waals surface area contributed by atoms with Crippen molar-refractivity contribution in [2.45, 2.75) is 51.3 Å². The SMILES string of the molecule is CCCCn1ncc(OCc2ccc(COS(=O)(=O)c3ccc(C)cc3)cc2)c(Cl)c1=O. The fourth-order valence-electron chi connectivity index (χ4n) is 2.83. The second-order valence-electron chi connectivity index (χ2n) is 7.34. The molecule has 0 aliphatic rings. The van der Waals surface area contributed by atoms with Crippen LogP contribution >= 0.6 is 11.6 Å². The molecule has 0 fully saturated rings. The Morgan fingerprint density at radius 2 is 1.62 bits per heavy atom. The number of aryl methyl sites for hydroxylation is 2. The summed E-state index contributed by atoms with van der Waals surface area (Å²) in [5.41, 5.74) is 2.11. The zero-order valence-electron chi connectivity index (χ0n) is 18.0. The molecule has 0 N–H and O–H groups in total. The molecule has 2 aromatic carbocycles. The van der Waals surface area contributed by atoms with Crippen molar-refractivity contribution in [2.24, 2.45) is 0 Å². The van der Waals surface area contributed by atoms with E-state index in [0.29, 0.717) is 12.1 Å². The summed E-state index contributed by atoms with van der Waals surface area (Å²) >= 11 is 6.14. The van der Waals surface area contributed by atoms with Gasteiger partial charge < -0.3 is 4.74 Å². The minimum absolute atomic E-state index is 0.00226. The largest absolute Gasteiger partial charge is 0.485 e. The summed E-state index contributed by atoms with van der Waals surface area (Å²) in [7, 11) is -3.83. The van der Waals surface area contributed by atoms with Gasteiger partial charge in [-0.3, -0.25) is 8.98 Å². The predicted octanol–water partition coefficient (Wildman–Crippen LogP) is 4.49. The zero-order chi connectivity index (χ0) is 23.1. The first kappa shape index (κ1) is 24.0. The van der Waals surface area contributed by atoms with Gasteiger partial charge in [0.15, 0.2) is 10.8 Å². The average Bonchev–Trinajstić information content (AvgIpc) is 2.79. The second kappa shape index (κ2) is 10.8. The van der Waals surface area contributed by atoms with Crippen LogP contribution in [0.2, 0.25) is 5.02 Å². The van der Waals surface area contributed by atoms with Crippen molar-refractivity contribution in [2.75, 3.05) is 0 Å². The third kappa shape index (κ3) is 6.18. The van der Waals surface area contributed by atoms with Gasteiger partial charge in [-0.15, -0.1) is 0 Å². The Morgan fingerprint density at radius 3 is 2.25 bits per heavy atom. The van der Waals surface area contributed by atoms with Crippen molar-refractivity contribution in [1.82, 2.24) is 9.78 Å². The number of nitrogens with zero attached hydrogens (tertiary/aromatic N) is 2. The lowest BCUT2D eigenvalue weighted by Crippen LogP contribution is -2.23. The topological polar surface area (TPSA) is 87.5 Å². The smallest absolute Gasteiger partial charge is 0.297 e. The molecular formula is C23H25ClN2O5S. The van der Waals surface area contributed by atoms with E-state index in [2.05, 4.69) is 5.10 Å². The molecule has 0 amide bonds. The van der Waals surface area contributed by atoms with Crippen LogP contribution in [0.5, 0.6) is 5.75 Å². The minimum Gasteiger partial charge on any atom is -0.485 e. The standard InChI is InChI=1S/C23H25ClN2O5S/c1-3-4-13-26-23(27)22(24)21(14-25-26)30-15-18-7-9-19(10-8-18)16-31-32(28,29)20-11-5-17(2)6-12-20/h5-12,14H,3-4,13,15-16H2,1-2H3. The quantitative estimate of drug-likeness (QED) is 0.401. The van der Waals surface area contributed by atoms with Gasteiger partial charge in [0.05, 0.1) is 17.7 Å². The summed E-state index contributed by atoms with van der Waals surface area (Å²) in [4.78, 5) is 12.4. The molecule has 1 heterocycles. The number of aromatic nitrogens is 2. The molecule has 7 nitrogen and oxygen atoms in total. The molecule has 0 bridgehead atoms. The first-order valence-corrected chi connectivity index (χ1v) is 12.0. The lowest BCUT2D eigenvalue weighted by Gasteiger charge is -2.10. The Hall–Kier alpha value is -2.68. The van der Waals surface area contributed by atoms with E-state index in [0.717, 1.165) is 24.0 Å². The van der Waals surface area contributed by atoms with Gasteiger partial charge in [0.1, 0.15) is 6.61 Å². The van der Waals surface area contributed by atoms with Gasteiger partial charge in [-0.25, -0.2) is 4.68 Å². The monoisotopic (exact) mass is 476 g/mol. The Bertz CT molecular complexity index is 1210. The Morgan fingerprint density at radius 1 is 1.00 bits per heavy atom. The van der Waals surface area contributed by atoms with E-state index in [1.165, 1.54) is 23.0 Å². The maximum Gasteiger partial charge on any atom is 0.297 e. The van der Waals surface area contributed by atoms with Crippen LogP contribution in [-0.2, 0) is 34.1 Å². The van der Waals surface area contributed by atoms with Crippen molar-refractivity contribution in [1.29, 1.82) is 0 Å². The van der Waals surface area contributed by atoms with E-state index in [-0.39, 0.29) is 34.4 Å². The lowest BCUT2D eigenvalue weighted by atomic mass is 10.1. The fourth-order valence-corrected chi connectivity index (χ4v) is 3.93. The number of unbranched alkanes of at least 4 members (excludes halogenated alkanes) is 1. The van der Waals surface area contributed by atoms with E-state index in [1.54, 1.807) is 36.4 Å². The van der Waals surface area contributed by atoms with E-state index in [1.807, 2.05) is 13.8 Å². The molecule has 9 heteroatoms. The molecular weight excluding hydrogens is 452 g/mol. The maximum absolute atomic E-state index is 12.3. The number of benzene rings is 2. The van der Waals surface area contributed by atoms with Crippen LogP contribution in [-0.4, -0.2) is 18.2 Å². The van der Waals surface area contributed by atoms with Crippen LogP contribution in [0.4, 0.5) is 0 Å². The predicted molar refractivity (Wildman–Crippen MR) is 122 cm³/mol. The first-order valence-electron chi connectivity index (χ1n) is 10.2. The first-order chi connectivity index (χ1) is 15.3. The molecule has 0 aliphatic heterocycles. The Kier molecular flexibility index (Phi) is 8.06. The number of ether oxygens (including phenoxy) is 1. The molecule has 0 atom stereocenters. The maximum atomic E-state index is 12.3. The molecule has 0 aliphatic carbocycles. The molecule has 0 saturated carbocycles. The third-order valence-electron chi connectivity index (χ3n) is 4.78. The van der Waals surface area contributed by atoms with Crippen LogP contribution in [0.1, 0.15) is 36.5 Å². The Balaban J connectivity index is 1.58. The summed E-state index contributed by atoms with van der Waals surface area (Å²) < 4.78 is 36.7.